The van der Waals surface area contributed by atoms with Gasteiger partial charge in [-0.15, -0.1) is 0 Å². The Bertz CT molecular complexity index is 265. The van der Waals surface area contributed by atoms with E-state index < -0.39 is 0 Å². The molecule has 0 aromatic heterocycles. The van der Waals surface area contributed by atoms with Crippen LogP contribution in [0.1, 0.15) is 116 Å². The Kier molecular flexibility index (Phi) is 13.7. The molecule has 1 aliphatic rings. The summed E-state index contributed by atoms with van der Waals surface area (Å²) in [6.45, 7) is 0.682. The molecule has 0 aromatic rings. The van der Waals surface area contributed by atoms with E-state index in [4.69, 9.17) is 10.2 Å². The Morgan fingerprint density at radius 1 is 0.520 bits per heavy atom. The highest BCUT2D eigenvalue weighted by molar-refractivity contribution is 4.93. The summed E-state index contributed by atoms with van der Waals surface area (Å²) < 4.78 is 0. The van der Waals surface area contributed by atoms with Crippen LogP contribution < -0.4 is 0 Å². The summed E-state index contributed by atoms with van der Waals surface area (Å²) in [5.41, 5.74) is 0.465. The first-order valence-corrected chi connectivity index (χ1v) is 11.1. The molecule has 0 radical (unpaired) electrons. The van der Waals surface area contributed by atoms with Gasteiger partial charge in [0.05, 0.1) is 6.10 Å². The molecule has 1 rings (SSSR count). The summed E-state index contributed by atoms with van der Waals surface area (Å²) >= 11 is 0. The lowest BCUT2D eigenvalue weighted by atomic mass is 9.61. The van der Waals surface area contributed by atoms with E-state index in [0.717, 1.165) is 25.7 Å². The molecule has 0 aromatic carbocycles. The maximum absolute atomic E-state index is 9.79. The monoisotopic (exact) mass is 356 g/mol. The zero-order valence-electron chi connectivity index (χ0n) is 16.6. The highest BCUT2D eigenvalue weighted by Gasteiger charge is 2.41. The zero-order chi connectivity index (χ0) is 18.2. The van der Waals surface area contributed by atoms with E-state index in [9.17, 15) is 5.11 Å². The van der Waals surface area contributed by atoms with Crippen LogP contribution >= 0.6 is 0 Å². The van der Waals surface area contributed by atoms with Crippen LogP contribution in [0.2, 0.25) is 0 Å². The highest BCUT2D eigenvalue weighted by atomic mass is 16.3. The first-order valence-electron chi connectivity index (χ1n) is 11.1. The summed E-state index contributed by atoms with van der Waals surface area (Å²) in [6.07, 6.45) is 22.1. The van der Waals surface area contributed by atoms with Gasteiger partial charge in [-0.1, -0.05) is 77.0 Å². The number of aliphatic hydroxyl groups excluding tert-OH is 3. The zero-order valence-corrected chi connectivity index (χ0v) is 16.6. The van der Waals surface area contributed by atoms with E-state index in [0.29, 0.717) is 18.6 Å². The molecular weight excluding hydrogens is 312 g/mol. The standard InChI is InChI=1S/C22H44O3/c23-17-13-9-5-1-3-7-11-15-22(19-21(25)20-22)16-12-8-4-2-6-10-14-18-24/h21,23-25H,1-20H2. The molecule has 3 heteroatoms. The Balaban J connectivity index is 2.00. The lowest BCUT2D eigenvalue weighted by molar-refractivity contribution is -0.0455. The highest BCUT2D eigenvalue weighted by Crippen LogP contribution is 2.49. The van der Waals surface area contributed by atoms with Gasteiger partial charge in [-0.25, -0.2) is 0 Å². The van der Waals surface area contributed by atoms with E-state index in [2.05, 4.69) is 0 Å². The molecule has 0 saturated heterocycles. The average Bonchev–Trinajstić information content (AvgIpc) is 2.58. The van der Waals surface area contributed by atoms with Crippen LogP contribution in [0.3, 0.4) is 0 Å². The molecule has 150 valence electrons. The molecular formula is C22H44O3. The Morgan fingerprint density at radius 3 is 1.16 bits per heavy atom. The molecule has 0 aliphatic heterocycles. The smallest absolute Gasteiger partial charge is 0.0550 e. The Morgan fingerprint density at radius 2 is 0.840 bits per heavy atom. The lowest BCUT2D eigenvalue weighted by Gasteiger charge is -2.46. The summed E-state index contributed by atoms with van der Waals surface area (Å²) in [7, 11) is 0. The van der Waals surface area contributed by atoms with Crippen molar-refractivity contribution in [2.24, 2.45) is 5.41 Å². The first-order chi connectivity index (χ1) is 12.2. The van der Waals surface area contributed by atoms with Crippen LogP contribution in [-0.4, -0.2) is 34.6 Å². The van der Waals surface area contributed by atoms with Gasteiger partial charge in [0.2, 0.25) is 0 Å². The second-order valence-corrected chi connectivity index (χ2v) is 8.46. The van der Waals surface area contributed by atoms with Crippen molar-refractivity contribution in [2.75, 3.05) is 13.2 Å². The van der Waals surface area contributed by atoms with Crippen LogP contribution in [0.5, 0.6) is 0 Å². The summed E-state index contributed by atoms with van der Waals surface area (Å²) in [5.74, 6) is 0. The largest absolute Gasteiger partial charge is 0.396 e. The van der Waals surface area contributed by atoms with Crippen LogP contribution in [0.25, 0.3) is 0 Å². The molecule has 0 atom stereocenters. The molecule has 3 nitrogen and oxygen atoms in total. The predicted octanol–water partition coefficient (Wildman–Crippen LogP) is 5.35. The fraction of sp³-hybridized carbons (Fsp3) is 1.00. The van der Waals surface area contributed by atoms with Gasteiger partial charge in [-0.3, -0.25) is 0 Å². The van der Waals surface area contributed by atoms with E-state index in [1.54, 1.807) is 0 Å². The third-order valence-electron chi connectivity index (χ3n) is 6.07. The molecule has 1 aliphatic carbocycles. The number of unbranched alkanes of at least 4 members (excludes halogenated alkanes) is 12. The van der Waals surface area contributed by atoms with Crippen molar-refractivity contribution in [2.45, 2.75) is 122 Å². The van der Waals surface area contributed by atoms with Gasteiger partial charge >= 0.3 is 0 Å². The number of rotatable bonds is 18. The molecule has 25 heavy (non-hydrogen) atoms. The van der Waals surface area contributed by atoms with Gasteiger partial charge in [0.25, 0.3) is 0 Å². The van der Waals surface area contributed by atoms with Crippen molar-refractivity contribution < 1.29 is 15.3 Å². The Hall–Kier alpha value is -0.120. The molecule has 3 N–H and O–H groups in total. The predicted molar refractivity (Wildman–Crippen MR) is 106 cm³/mol. The van der Waals surface area contributed by atoms with Crippen LogP contribution in [0, 0.1) is 5.41 Å². The maximum Gasteiger partial charge on any atom is 0.0550 e. The fourth-order valence-corrected chi connectivity index (χ4v) is 4.46. The second kappa shape index (κ2) is 15.0. The van der Waals surface area contributed by atoms with Gasteiger partial charge in [-0.05, 0) is 43.9 Å². The van der Waals surface area contributed by atoms with Gasteiger partial charge in [-0.2, -0.15) is 0 Å². The molecule has 0 bridgehead atoms. The van der Waals surface area contributed by atoms with Crippen LogP contribution in [0.15, 0.2) is 0 Å². The minimum absolute atomic E-state index is 0.0306. The Labute approximate surface area is 156 Å². The molecule has 0 unspecified atom stereocenters. The van der Waals surface area contributed by atoms with E-state index in [-0.39, 0.29) is 6.10 Å². The van der Waals surface area contributed by atoms with Crippen molar-refractivity contribution >= 4 is 0 Å². The fourth-order valence-electron chi connectivity index (χ4n) is 4.46. The molecule has 0 spiro atoms. The minimum atomic E-state index is -0.0306. The SMILES string of the molecule is OCCCCCCCCCC1(CCCCCCCCCO)CC(O)C1. The van der Waals surface area contributed by atoms with Gasteiger partial charge in [0, 0.05) is 13.2 Å². The number of aliphatic hydroxyl groups is 3. The van der Waals surface area contributed by atoms with E-state index in [1.807, 2.05) is 0 Å². The van der Waals surface area contributed by atoms with Gasteiger partial charge in [0.15, 0.2) is 0 Å². The minimum Gasteiger partial charge on any atom is -0.396 e. The first kappa shape index (κ1) is 22.9. The summed E-state index contributed by atoms with van der Waals surface area (Å²) in [5, 5.41) is 27.3. The average molecular weight is 357 g/mol. The van der Waals surface area contributed by atoms with E-state index in [1.165, 1.54) is 89.9 Å². The quantitative estimate of drug-likeness (QED) is 0.290. The van der Waals surface area contributed by atoms with Gasteiger partial charge < -0.3 is 15.3 Å². The maximum atomic E-state index is 9.79. The van der Waals surface area contributed by atoms with Crippen molar-refractivity contribution in [3.05, 3.63) is 0 Å². The van der Waals surface area contributed by atoms with Crippen molar-refractivity contribution in [1.82, 2.24) is 0 Å². The van der Waals surface area contributed by atoms with Crippen molar-refractivity contribution in [1.29, 1.82) is 0 Å². The normalized spacial score (nSPS) is 16.9. The topological polar surface area (TPSA) is 60.7 Å². The number of hydrogen-bond acceptors (Lipinski definition) is 3. The molecule has 1 fully saturated rings. The third-order valence-corrected chi connectivity index (χ3v) is 6.07. The van der Waals surface area contributed by atoms with Crippen LogP contribution in [-0.2, 0) is 0 Å². The summed E-state index contributed by atoms with van der Waals surface area (Å²) in [4.78, 5) is 0. The van der Waals surface area contributed by atoms with E-state index >= 15 is 0 Å². The number of hydrogen-bond donors (Lipinski definition) is 3. The molecule has 0 amide bonds. The van der Waals surface area contributed by atoms with Crippen molar-refractivity contribution in [3.8, 4) is 0 Å². The van der Waals surface area contributed by atoms with Gasteiger partial charge in [0.1, 0.15) is 0 Å². The lowest BCUT2D eigenvalue weighted by Crippen LogP contribution is -2.40. The molecule has 1 saturated carbocycles. The second-order valence-electron chi connectivity index (χ2n) is 8.46. The van der Waals surface area contributed by atoms with Crippen molar-refractivity contribution in [3.63, 3.8) is 0 Å². The summed E-state index contributed by atoms with van der Waals surface area (Å²) in [6, 6.07) is 0. The third kappa shape index (κ3) is 11.2. The van der Waals surface area contributed by atoms with Crippen LogP contribution in [0.4, 0.5) is 0 Å². The molecule has 0 heterocycles.